The van der Waals surface area contributed by atoms with Gasteiger partial charge in [0.05, 0.1) is 16.8 Å². The van der Waals surface area contributed by atoms with Crippen LogP contribution >= 0.6 is 23.1 Å². The number of aliphatic hydroxyl groups is 4. The second kappa shape index (κ2) is 8.14. The number of thiazole rings is 1. The largest absolute Gasteiger partial charge is 0.480 e. The summed E-state index contributed by atoms with van der Waals surface area (Å²) < 4.78 is 11.7. The quantitative estimate of drug-likeness (QED) is 0.405. The van der Waals surface area contributed by atoms with Crippen molar-refractivity contribution in [2.24, 2.45) is 4.99 Å². The molecular formula is C17H18N2O8S2. The van der Waals surface area contributed by atoms with Crippen LogP contribution in [0.25, 0.3) is 10.2 Å². The van der Waals surface area contributed by atoms with Gasteiger partial charge in [-0.25, -0.2) is 9.78 Å². The van der Waals surface area contributed by atoms with Gasteiger partial charge in [0.25, 0.3) is 0 Å². The van der Waals surface area contributed by atoms with E-state index in [1.807, 2.05) is 0 Å². The number of ether oxygens (including phenoxy) is 2. The summed E-state index contributed by atoms with van der Waals surface area (Å²) in [6, 6.07) is 4.21. The number of thioether (sulfide) groups is 1. The van der Waals surface area contributed by atoms with Crippen LogP contribution in [0.3, 0.4) is 0 Å². The van der Waals surface area contributed by atoms with E-state index in [2.05, 4.69) is 9.98 Å². The lowest BCUT2D eigenvalue weighted by atomic mass is 9.99. The first-order valence-electron chi connectivity index (χ1n) is 8.69. The fourth-order valence-corrected chi connectivity index (χ4v) is 5.08. The Morgan fingerprint density at radius 1 is 1.24 bits per heavy atom. The van der Waals surface area contributed by atoms with E-state index in [0.29, 0.717) is 27.1 Å². The summed E-state index contributed by atoms with van der Waals surface area (Å²) in [5, 5.41) is 49.3. The van der Waals surface area contributed by atoms with Crippen LogP contribution in [-0.4, -0.2) is 90.6 Å². The SMILES string of the molecule is O=C(O)[C@H]1CSC(c2nc3ccc(O[C@@H]4O[C@H](CO)[C@@H](O)[C@H](O)[C@H]4O)cc3s2)=N1. The summed E-state index contributed by atoms with van der Waals surface area (Å²) in [4.78, 5) is 19.7. The van der Waals surface area contributed by atoms with Gasteiger partial charge >= 0.3 is 5.97 Å². The van der Waals surface area contributed by atoms with Crippen molar-refractivity contribution in [3.8, 4) is 5.75 Å². The first kappa shape index (κ1) is 20.5. The minimum atomic E-state index is -1.52. The Bertz CT molecular complexity index is 949. The maximum atomic E-state index is 11.1. The zero-order chi connectivity index (χ0) is 20.7. The molecule has 1 saturated heterocycles. The second-order valence-corrected chi connectivity index (χ2v) is 8.60. The molecule has 29 heavy (non-hydrogen) atoms. The lowest BCUT2D eigenvalue weighted by Crippen LogP contribution is -2.60. The Morgan fingerprint density at radius 2 is 2.03 bits per heavy atom. The van der Waals surface area contributed by atoms with Gasteiger partial charge in [0, 0.05) is 5.75 Å². The fraction of sp³-hybridized carbons (Fsp3) is 0.471. The summed E-state index contributed by atoms with van der Waals surface area (Å²) in [5.41, 5.74) is 0.674. The van der Waals surface area contributed by atoms with Crippen molar-refractivity contribution in [3.05, 3.63) is 23.2 Å². The summed E-state index contributed by atoms with van der Waals surface area (Å²) in [5.74, 6) is -0.267. The summed E-state index contributed by atoms with van der Waals surface area (Å²) in [6.07, 6.45) is -6.82. The molecule has 12 heteroatoms. The maximum absolute atomic E-state index is 11.1. The zero-order valence-electron chi connectivity index (χ0n) is 14.8. The molecule has 6 atom stereocenters. The van der Waals surface area contributed by atoms with Gasteiger partial charge in [-0.05, 0) is 18.2 Å². The number of aliphatic hydroxyl groups excluding tert-OH is 4. The van der Waals surface area contributed by atoms with Gasteiger partial charge in [0.15, 0.2) is 6.04 Å². The molecule has 10 nitrogen and oxygen atoms in total. The van der Waals surface area contributed by atoms with E-state index in [1.165, 1.54) is 23.1 Å². The molecule has 0 amide bonds. The number of rotatable bonds is 5. The molecule has 2 aromatic rings. The normalized spacial score (nSPS) is 32.3. The molecule has 1 aromatic carbocycles. The highest BCUT2D eigenvalue weighted by molar-refractivity contribution is 8.15. The number of nitrogens with zero attached hydrogens (tertiary/aromatic N) is 2. The number of benzene rings is 1. The molecular weight excluding hydrogens is 424 g/mol. The Kier molecular flexibility index (Phi) is 5.75. The van der Waals surface area contributed by atoms with Crippen molar-refractivity contribution < 1.29 is 39.8 Å². The predicted molar refractivity (Wildman–Crippen MR) is 104 cm³/mol. The second-order valence-electron chi connectivity index (χ2n) is 6.56. The standard InChI is InChI=1S/C17H18N2O8S2/c20-4-9-11(21)12(22)13(23)17(27-9)26-6-1-2-7-10(3-6)29-15(18-7)14-19-8(5-28-14)16(24)25/h1-3,8-9,11-13,17,20-23H,4-5H2,(H,24,25)/t8-,9-,11-,12+,13-,17-/m1/s1. The number of aliphatic carboxylic acids is 1. The molecule has 1 aromatic heterocycles. The Labute approximate surface area is 172 Å². The van der Waals surface area contributed by atoms with Crippen molar-refractivity contribution in [2.45, 2.75) is 36.7 Å². The van der Waals surface area contributed by atoms with E-state index >= 15 is 0 Å². The number of aromatic nitrogens is 1. The maximum Gasteiger partial charge on any atom is 0.329 e. The minimum absolute atomic E-state index is 0.335. The number of hydrogen-bond donors (Lipinski definition) is 5. The number of hydrogen-bond acceptors (Lipinski definition) is 11. The fourth-order valence-electron chi connectivity index (χ4n) is 2.99. The molecule has 3 heterocycles. The van der Waals surface area contributed by atoms with Crippen molar-refractivity contribution in [1.29, 1.82) is 0 Å². The Morgan fingerprint density at radius 3 is 2.72 bits per heavy atom. The third kappa shape index (κ3) is 3.97. The van der Waals surface area contributed by atoms with Crippen molar-refractivity contribution >= 4 is 44.3 Å². The summed E-state index contributed by atoms with van der Waals surface area (Å²) in [7, 11) is 0. The van der Waals surface area contributed by atoms with Gasteiger partial charge < -0.3 is 35.0 Å². The molecule has 0 bridgehead atoms. The number of carboxylic acid groups (broad SMARTS) is 1. The van der Waals surface area contributed by atoms with Crippen LogP contribution in [0.15, 0.2) is 23.2 Å². The smallest absolute Gasteiger partial charge is 0.329 e. The molecule has 5 N–H and O–H groups in total. The van der Waals surface area contributed by atoms with Gasteiger partial charge in [-0.3, -0.25) is 4.99 Å². The van der Waals surface area contributed by atoms with Gasteiger partial charge in [-0.15, -0.1) is 23.1 Å². The van der Waals surface area contributed by atoms with Crippen molar-refractivity contribution in [1.82, 2.24) is 4.98 Å². The van der Waals surface area contributed by atoms with E-state index in [9.17, 15) is 25.2 Å². The molecule has 1 fully saturated rings. The van der Waals surface area contributed by atoms with Crippen LogP contribution in [0.1, 0.15) is 5.01 Å². The van der Waals surface area contributed by atoms with Crippen LogP contribution in [0.4, 0.5) is 0 Å². The Balaban J connectivity index is 1.54. The third-order valence-electron chi connectivity index (χ3n) is 4.58. The number of aliphatic imine (C=N–C) groups is 1. The lowest BCUT2D eigenvalue weighted by molar-refractivity contribution is -0.277. The molecule has 0 aliphatic carbocycles. The molecule has 4 rings (SSSR count). The average Bonchev–Trinajstić information content (AvgIpc) is 3.35. The molecule has 0 radical (unpaired) electrons. The van der Waals surface area contributed by atoms with Gasteiger partial charge in [-0.2, -0.15) is 0 Å². The highest BCUT2D eigenvalue weighted by Crippen LogP contribution is 2.32. The van der Waals surface area contributed by atoms with E-state index < -0.39 is 49.3 Å². The molecule has 0 unspecified atom stereocenters. The zero-order valence-corrected chi connectivity index (χ0v) is 16.4. The van der Waals surface area contributed by atoms with Crippen LogP contribution in [0.5, 0.6) is 5.75 Å². The van der Waals surface area contributed by atoms with Crippen LogP contribution < -0.4 is 4.74 Å². The summed E-state index contributed by atoms with van der Waals surface area (Å²) >= 11 is 2.66. The highest BCUT2D eigenvalue weighted by atomic mass is 32.2. The highest BCUT2D eigenvalue weighted by Gasteiger charge is 2.44. The molecule has 0 saturated carbocycles. The van der Waals surface area contributed by atoms with E-state index in [1.54, 1.807) is 18.2 Å². The first-order valence-corrected chi connectivity index (χ1v) is 10.5. The van der Waals surface area contributed by atoms with Crippen molar-refractivity contribution in [2.75, 3.05) is 12.4 Å². The molecule has 2 aliphatic heterocycles. The van der Waals surface area contributed by atoms with Gasteiger partial charge in [-0.1, -0.05) is 0 Å². The number of fused-ring (bicyclic) bond motifs is 1. The van der Waals surface area contributed by atoms with E-state index in [0.717, 1.165) is 4.70 Å². The predicted octanol–water partition coefficient (Wildman–Crippen LogP) is -0.578. The third-order valence-corrected chi connectivity index (χ3v) is 6.79. The van der Waals surface area contributed by atoms with E-state index in [-0.39, 0.29) is 0 Å². The summed E-state index contributed by atoms with van der Waals surface area (Å²) in [6.45, 7) is -0.542. The first-order chi connectivity index (χ1) is 13.9. The number of carbonyl (C=O) groups is 1. The van der Waals surface area contributed by atoms with Gasteiger partial charge in [0.1, 0.15) is 40.2 Å². The minimum Gasteiger partial charge on any atom is -0.480 e. The van der Waals surface area contributed by atoms with Crippen LogP contribution in [-0.2, 0) is 9.53 Å². The Hall–Kier alpha value is -1.80. The van der Waals surface area contributed by atoms with Crippen LogP contribution in [0.2, 0.25) is 0 Å². The lowest BCUT2D eigenvalue weighted by Gasteiger charge is -2.39. The molecule has 156 valence electrons. The number of carboxylic acids is 1. The van der Waals surface area contributed by atoms with Crippen molar-refractivity contribution in [3.63, 3.8) is 0 Å². The molecule has 0 spiro atoms. The van der Waals surface area contributed by atoms with Gasteiger partial charge in [0.2, 0.25) is 6.29 Å². The topological polar surface area (TPSA) is 162 Å². The molecule has 2 aliphatic rings. The van der Waals surface area contributed by atoms with E-state index in [4.69, 9.17) is 14.6 Å². The average molecular weight is 442 g/mol. The van der Waals surface area contributed by atoms with Crippen LogP contribution in [0, 0.1) is 0 Å². The monoisotopic (exact) mass is 442 g/mol.